The highest BCUT2D eigenvalue weighted by atomic mass is 32.1. The molecule has 0 amide bonds. The number of nitrogens with two attached hydrogens (primary N) is 1. The van der Waals surface area contributed by atoms with Crippen LogP contribution in [0, 0.1) is 0 Å². The van der Waals surface area contributed by atoms with Crippen LogP contribution in [-0.2, 0) is 0 Å². The maximum Gasteiger partial charge on any atom is 0.208 e. The van der Waals surface area contributed by atoms with Crippen molar-refractivity contribution < 1.29 is 4.74 Å². The van der Waals surface area contributed by atoms with Crippen molar-refractivity contribution in [2.75, 3.05) is 5.73 Å². The molecule has 0 spiro atoms. The number of hydrogen-bond donors (Lipinski definition) is 1. The van der Waals surface area contributed by atoms with Gasteiger partial charge in [-0.3, -0.25) is 4.98 Å². The summed E-state index contributed by atoms with van der Waals surface area (Å²) in [6, 6.07) is 15.4. The molecule has 2 aromatic heterocycles. The van der Waals surface area contributed by atoms with E-state index in [0.717, 1.165) is 26.9 Å². The van der Waals surface area contributed by atoms with Crippen molar-refractivity contribution in [3.8, 4) is 10.8 Å². The van der Waals surface area contributed by atoms with E-state index in [-0.39, 0.29) is 0 Å². The molecule has 0 fully saturated rings. The van der Waals surface area contributed by atoms with Gasteiger partial charge in [0.2, 0.25) is 5.06 Å². The lowest BCUT2D eigenvalue weighted by Crippen LogP contribution is -1.91. The van der Waals surface area contributed by atoms with Crippen LogP contribution in [0.25, 0.3) is 21.8 Å². The number of nitrogens with zero attached hydrogens (tertiary/aromatic N) is 2. The number of benzene rings is 2. The van der Waals surface area contributed by atoms with E-state index in [9.17, 15) is 0 Å². The van der Waals surface area contributed by atoms with Gasteiger partial charge >= 0.3 is 0 Å². The fraction of sp³-hybridized carbons (Fsp3) is 0. The van der Waals surface area contributed by atoms with Gasteiger partial charge in [0.15, 0.2) is 5.75 Å². The zero-order valence-corrected chi connectivity index (χ0v) is 11.8. The molecule has 2 aromatic carbocycles. The van der Waals surface area contributed by atoms with Crippen LogP contribution in [0.3, 0.4) is 0 Å². The molecule has 0 saturated carbocycles. The number of aromatic nitrogens is 2. The number of fused-ring (bicyclic) bond motifs is 2. The van der Waals surface area contributed by atoms with E-state index in [1.165, 1.54) is 11.5 Å². The van der Waals surface area contributed by atoms with E-state index in [4.69, 9.17) is 10.5 Å². The lowest BCUT2D eigenvalue weighted by molar-refractivity contribution is 0.506. The molecule has 0 saturated heterocycles. The minimum absolute atomic E-state index is 0.689. The molecule has 21 heavy (non-hydrogen) atoms. The third kappa shape index (κ3) is 1.98. The third-order valence-corrected chi connectivity index (χ3v) is 4.08. The van der Waals surface area contributed by atoms with Crippen LogP contribution < -0.4 is 10.5 Å². The van der Waals surface area contributed by atoms with E-state index >= 15 is 0 Å². The molecule has 0 atom stereocenters. The monoisotopic (exact) mass is 293 g/mol. The molecule has 2 N–H and O–H groups in total. The number of hydrogen-bond acceptors (Lipinski definition) is 5. The summed E-state index contributed by atoms with van der Waals surface area (Å²) >= 11 is 1.34. The Hall–Kier alpha value is -2.66. The lowest BCUT2D eigenvalue weighted by Gasteiger charge is -2.08. The van der Waals surface area contributed by atoms with Gasteiger partial charge in [-0.05, 0) is 36.4 Å². The largest absolute Gasteiger partial charge is 0.442 e. The van der Waals surface area contributed by atoms with Crippen molar-refractivity contribution in [2.45, 2.75) is 0 Å². The number of anilines is 1. The van der Waals surface area contributed by atoms with Crippen LogP contribution in [0.2, 0.25) is 0 Å². The highest BCUT2D eigenvalue weighted by molar-refractivity contribution is 7.09. The molecular weight excluding hydrogens is 282 g/mol. The van der Waals surface area contributed by atoms with Gasteiger partial charge in [-0.1, -0.05) is 12.1 Å². The van der Waals surface area contributed by atoms with Crippen LogP contribution >= 0.6 is 11.5 Å². The second kappa shape index (κ2) is 4.71. The Morgan fingerprint density at radius 1 is 0.952 bits per heavy atom. The van der Waals surface area contributed by atoms with Crippen molar-refractivity contribution in [3.05, 3.63) is 54.7 Å². The molecule has 0 bridgehead atoms. The van der Waals surface area contributed by atoms with Crippen molar-refractivity contribution in [3.63, 3.8) is 0 Å². The van der Waals surface area contributed by atoms with E-state index < -0.39 is 0 Å². The SMILES string of the molecule is Nc1ccc(Oc2snc3ccccc23)c2ncccc12. The summed E-state index contributed by atoms with van der Waals surface area (Å²) in [6.45, 7) is 0. The quantitative estimate of drug-likeness (QED) is 0.562. The minimum atomic E-state index is 0.689. The Kier molecular flexibility index (Phi) is 2.72. The average molecular weight is 293 g/mol. The molecular formula is C16H11N3OS. The number of rotatable bonds is 2. The Morgan fingerprint density at radius 3 is 2.76 bits per heavy atom. The van der Waals surface area contributed by atoms with Gasteiger partial charge in [0.05, 0.1) is 10.9 Å². The summed E-state index contributed by atoms with van der Waals surface area (Å²) in [6.07, 6.45) is 1.74. The van der Waals surface area contributed by atoms with Gasteiger partial charge < -0.3 is 10.5 Å². The van der Waals surface area contributed by atoms with Crippen molar-refractivity contribution in [2.24, 2.45) is 0 Å². The highest BCUT2D eigenvalue weighted by Gasteiger charge is 2.11. The summed E-state index contributed by atoms with van der Waals surface area (Å²) in [5.74, 6) is 0.689. The van der Waals surface area contributed by atoms with Gasteiger partial charge in [-0.25, -0.2) is 0 Å². The van der Waals surface area contributed by atoms with Crippen LogP contribution in [0.15, 0.2) is 54.7 Å². The normalized spacial score (nSPS) is 11.0. The fourth-order valence-electron chi connectivity index (χ4n) is 2.29. The molecule has 0 aliphatic carbocycles. The predicted octanol–water partition coefficient (Wildman–Crippen LogP) is 4.22. The second-order valence-corrected chi connectivity index (χ2v) is 5.38. The van der Waals surface area contributed by atoms with E-state index in [1.807, 2.05) is 48.5 Å². The number of ether oxygens (including phenoxy) is 1. The Bertz CT molecular complexity index is 948. The number of pyridine rings is 1. The predicted molar refractivity (Wildman–Crippen MR) is 85.8 cm³/mol. The highest BCUT2D eigenvalue weighted by Crippen LogP contribution is 2.37. The van der Waals surface area contributed by atoms with E-state index in [0.29, 0.717) is 11.4 Å². The first-order valence-electron chi connectivity index (χ1n) is 6.48. The first-order valence-corrected chi connectivity index (χ1v) is 7.26. The second-order valence-electron chi connectivity index (χ2n) is 4.64. The van der Waals surface area contributed by atoms with Gasteiger partial charge in [-0.2, -0.15) is 4.37 Å². The summed E-state index contributed by atoms with van der Waals surface area (Å²) in [5, 5.41) is 2.66. The van der Waals surface area contributed by atoms with Gasteiger partial charge in [0.25, 0.3) is 0 Å². The fourth-order valence-corrected chi connectivity index (χ4v) is 3.03. The van der Waals surface area contributed by atoms with Gasteiger partial charge in [0.1, 0.15) is 5.52 Å². The minimum Gasteiger partial charge on any atom is -0.442 e. The standard InChI is InChI=1S/C16H11N3OS/c17-12-7-8-14(15-10(12)5-3-9-18-15)20-16-11-4-1-2-6-13(11)19-21-16/h1-9H,17H2. The first kappa shape index (κ1) is 12.1. The average Bonchev–Trinajstić information content (AvgIpc) is 2.94. The molecule has 0 radical (unpaired) electrons. The zero-order valence-electron chi connectivity index (χ0n) is 11.0. The maximum absolute atomic E-state index is 6.04. The zero-order chi connectivity index (χ0) is 14.2. The maximum atomic E-state index is 6.04. The summed E-state index contributed by atoms with van der Waals surface area (Å²) in [7, 11) is 0. The van der Waals surface area contributed by atoms with Crippen LogP contribution in [0.4, 0.5) is 5.69 Å². The van der Waals surface area contributed by atoms with Crippen LogP contribution in [0.5, 0.6) is 10.8 Å². The van der Waals surface area contributed by atoms with E-state index in [2.05, 4.69) is 9.36 Å². The Morgan fingerprint density at radius 2 is 1.81 bits per heavy atom. The Labute approximate surface area is 125 Å². The van der Waals surface area contributed by atoms with Gasteiger partial charge in [0, 0.05) is 28.8 Å². The van der Waals surface area contributed by atoms with Crippen molar-refractivity contribution in [1.82, 2.24) is 9.36 Å². The van der Waals surface area contributed by atoms with Crippen molar-refractivity contribution in [1.29, 1.82) is 0 Å². The third-order valence-electron chi connectivity index (χ3n) is 3.32. The van der Waals surface area contributed by atoms with Crippen LogP contribution in [0.1, 0.15) is 0 Å². The molecule has 5 heteroatoms. The number of nitrogen functional groups attached to an aromatic ring is 1. The van der Waals surface area contributed by atoms with Crippen molar-refractivity contribution >= 4 is 39.0 Å². The van der Waals surface area contributed by atoms with Gasteiger partial charge in [-0.15, -0.1) is 0 Å². The molecule has 0 aliphatic heterocycles. The molecule has 102 valence electrons. The summed E-state index contributed by atoms with van der Waals surface area (Å²) in [5.41, 5.74) is 8.37. The molecule has 4 nitrogen and oxygen atoms in total. The molecule has 0 unspecified atom stereocenters. The van der Waals surface area contributed by atoms with Crippen LogP contribution in [-0.4, -0.2) is 9.36 Å². The smallest absolute Gasteiger partial charge is 0.208 e. The van der Waals surface area contributed by atoms with E-state index in [1.54, 1.807) is 6.20 Å². The molecule has 4 rings (SSSR count). The first-order chi connectivity index (χ1) is 10.3. The molecule has 0 aliphatic rings. The lowest BCUT2D eigenvalue weighted by atomic mass is 10.1. The summed E-state index contributed by atoms with van der Waals surface area (Å²) < 4.78 is 10.4. The molecule has 2 heterocycles. The summed E-state index contributed by atoms with van der Waals surface area (Å²) in [4.78, 5) is 4.38. The Balaban J connectivity index is 1.86. The molecule has 4 aromatic rings. The topological polar surface area (TPSA) is 61.0 Å².